The summed E-state index contributed by atoms with van der Waals surface area (Å²) >= 11 is 0. The van der Waals surface area contributed by atoms with Gasteiger partial charge in [0, 0.05) is 0 Å². The fourth-order valence-electron chi connectivity index (χ4n) is 0.310. The van der Waals surface area contributed by atoms with Gasteiger partial charge in [-0.1, -0.05) is 0 Å². The van der Waals surface area contributed by atoms with Crippen molar-refractivity contribution in [3.63, 3.8) is 0 Å². The normalized spacial score (nSPS) is 15.8. The van der Waals surface area contributed by atoms with Gasteiger partial charge in [0.25, 0.3) is 0 Å². The van der Waals surface area contributed by atoms with Gasteiger partial charge in [0.1, 0.15) is 0 Å². The van der Waals surface area contributed by atoms with Gasteiger partial charge in [0.15, 0.2) is 0 Å². The Morgan fingerprint density at radius 3 is 1.58 bits per heavy atom. The van der Waals surface area contributed by atoms with Crippen molar-refractivity contribution in [1.29, 1.82) is 0 Å². The molecule has 2 N–H and O–H groups in total. The molecule has 0 amide bonds. The molecule has 8 heteroatoms. The van der Waals surface area contributed by atoms with Gasteiger partial charge in [-0.2, -0.15) is 22.0 Å². The van der Waals surface area contributed by atoms with Gasteiger partial charge in [-0.05, 0) is 0 Å². The lowest BCUT2D eigenvalue weighted by molar-refractivity contribution is -0.310. The van der Waals surface area contributed by atoms with E-state index in [-0.39, 0.29) is 0 Å². The minimum absolute atomic E-state index is 2.63. The number of alkyl halides is 5. The van der Waals surface area contributed by atoms with Gasteiger partial charge < -0.3 is 10.2 Å². The lowest BCUT2D eigenvalue weighted by atomic mass is 10.2. The van der Waals surface area contributed by atoms with Crippen molar-refractivity contribution in [2.24, 2.45) is 0 Å². The number of carbonyl (C=O) groups is 1. The van der Waals surface area contributed by atoms with Crippen LogP contribution in [-0.4, -0.2) is 34.4 Å². The standard InChI is InChI=1S/C4H3F5O3/c5-3(6,4(7,8)9)1(10)2(11)12/h1,10H,(H,11,12). The minimum Gasteiger partial charge on any atom is -0.479 e. The molecule has 0 saturated heterocycles. The Morgan fingerprint density at radius 2 is 1.50 bits per heavy atom. The Hall–Kier alpha value is -0.920. The first-order chi connectivity index (χ1) is 5.10. The highest BCUT2D eigenvalue weighted by molar-refractivity contribution is 5.73. The molecule has 3 nitrogen and oxygen atoms in total. The van der Waals surface area contributed by atoms with Crippen LogP contribution in [-0.2, 0) is 4.79 Å². The number of hydrogen-bond donors (Lipinski definition) is 2. The summed E-state index contributed by atoms with van der Waals surface area (Å²) in [5, 5.41) is 15.6. The molecule has 0 aliphatic heterocycles. The fraction of sp³-hybridized carbons (Fsp3) is 0.750. The number of hydrogen-bond acceptors (Lipinski definition) is 2. The van der Waals surface area contributed by atoms with Crippen molar-refractivity contribution in [1.82, 2.24) is 0 Å². The average molecular weight is 194 g/mol. The molecule has 0 aliphatic carbocycles. The Balaban J connectivity index is 4.73. The summed E-state index contributed by atoms with van der Waals surface area (Å²) < 4.78 is 57.5. The largest absolute Gasteiger partial charge is 0.479 e. The molecule has 0 spiro atoms. The molecule has 0 rings (SSSR count). The van der Waals surface area contributed by atoms with Crippen molar-refractivity contribution in [3.8, 4) is 0 Å². The monoisotopic (exact) mass is 194 g/mol. The minimum atomic E-state index is -6.06. The molecule has 12 heavy (non-hydrogen) atoms. The van der Waals surface area contributed by atoms with Gasteiger partial charge in [-0.15, -0.1) is 0 Å². The van der Waals surface area contributed by atoms with Crippen LogP contribution in [0.1, 0.15) is 0 Å². The molecule has 1 atom stereocenters. The van der Waals surface area contributed by atoms with E-state index in [1.165, 1.54) is 0 Å². The van der Waals surface area contributed by atoms with Crippen LogP contribution in [0.15, 0.2) is 0 Å². The molecular formula is C4H3F5O3. The summed E-state index contributed by atoms with van der Waals surface area (Å²) in [7, 11) is 0. The predicted octanol–water partition coefficient (Wildman–Crippen LogP) is 0.629. The second-order valence-corrected chi connectivity index (χ2v) is 1.86. The maximum Gasteiger partial charge on any atom is 0.456 e. The maximum atomic E-state index is 11.8. The molecule has 0 saturated carbocycles. The first kappa shape index (κ1) is 11.1. The molecule has 0 aliphatic rings. The van der Waals surface area contributed by atoms with E-state index in [0.717, 1.165) is 0 Å². The van der Waals surface area contributed by atoms with Crippen LogP contribution in [0.3, 0.4) is 0 Å². The number of halogens is 5. The zero-order chi connectivity index (χ0) is 10.2. The molecular weight excluding hydrogens is 191 g/mol. The number of carboxylic acids is 1. The molecule has 0 aromatic rings. The van der Waals surface area contributed by atoms with Crippen LogP contribution < -0.4 is 0 Å². The van der Waals surface area contributed by atoms with E-state index in [9.17, 15) is 26.7 Å². The molecule has 0 fully saturated rings. The summed E-state index contributed by atoms with van der Waals surface area (Å²) in [5.74, 6) is -8.25. The zero-order valence-corrected chi connectivity index (χ0v) is 5.27. The van der Waals surface area contributed by atoms with E-state index in [0.29, 0.717) is 0 Å². The van der Waals surface area contributed by atoms with E-state index in [4.69, 9.17) is 10.2 Å². The predicted molar refractivity (Wildman–Crippen MR) is 24.6 cm³/mol. The highest BCUT2D eigenvalue weighted by atomic mass is 19.4. The fourth-order valence-corrected chi connectivity index (χ4v) is 0.310. The molecule has 0 radical (unpaired) electrons. The Kier molecular flexibility index (Phi) is 2.63. The van der Waals surface area contributed by atoms with Crippen LogP contribution >= 0.6 is 0 Å². The smallest absolute Gasteiger partial charge is 0.456 e. The van der Waals surface area contributed by atoms with Crippen LogP contribution in [0.2, 0.25) is 0 Å². The van der Waals surface area contributed by atoms with Crippen molar-refractivity contribution >= 4 is 5.97 Å². The van der Waals surface area contributed by atoms with Crippen LogP contribution in [0.25, 0.3) is 0 Å². The van der Waals surface area contributed by atoms with E-state index in [1.807, 2.05) is 0 Å². The number of aliphatic hydroxyl groups is 1. The zero-order valence-electron chi connectivity index (χ0n) is 5.27. The van der Waals surface area contributed by atoms with E-state index < -0.39 is 24.2 Å². The van der Waals surface area contributed by atoms with Crippen molar-refractivity contribution in [2.75, 3.05) is 0 Å². The van der Waals surface area contributed by atoms with Gasteiger partial charge in [0.05, 0.1) is 0 Å². The Labute approximate surface area is 62.4 Å². The van der Waals surface area contributed by atoms with Gasteiger partial charge in [-0.25, -0.2) is 4.79 Å². The summed E-state index contributed by atoms with van der Waals surface area (Å²) in [6, 6.07) is 0. The number of rotatable bonds is 2. The summed E-state index contributed by atoms with van der Waals surface area (Å²) in [6.45, 7) is 0. The topological polar surface area (TPSA) is 57.5 Å². The first-order valence-electron chi connectivity index (χ1n) is 2.46. The molecule has 0 aromatic carbocycles. The van der Waals surface area contributed by atoms with E-state index >= 15 is 0 Å². The third-order valence-electron chi connectivity index (χ3n) is 0.955. The quantitative estimate of drug-likeness (QED) is 0.634. The second kappa shape index (κ2) is 2.85. The van der Waals surface area contributed by atoms with Crippen LogP contribution in [0.5, 0.6) is 0 Å². The van der Waals surface area contributed by atoms with Crippen LogP contribution in [0.4, 0.5) is 22.0 Å². The van der Waals surface area contributed by atoms with Crippen molar-refractivity contribution in [3.05, 3.63) is 0 Å². The maximum absolute atomic E-state index is 11.8. The van der Waals surface area contributed by atoms with Gasteiger partial charge in [-0.3, -0.25) is 0 Å². The molecule has 1 unspecified atom stereocenters. The highest BCUT2D eigenvalue weighted by Crippen LogP contribution is 2.38. The molecule has 0 bridgehead atoms. The highest BCUT2D eigenvalue weighted by Gasteiger charge is 2.64. The Bertz CT molecular complexity index is 186. The number of carboxylic acid groups (broad SMARTS) is 1. The third kappa shape index (κ3) is 1.81. The summed E-state index contributed by atoms with van der Waals surface area (Å²) in [4.78, 5) is 9.56. The molecule has 72 valence electrons. The first-order valence-corrected chi connectivity index (χ1v) is 2.46. The molecule has 0 aromatic heterocycles. The Morgan fingerprint density at radius 1 is 1.17 bits per heavy atom. The van der Waals surface area contributed by atoms with Gasteiger partial charge >= 0.3 is 18.1 Å². The number of aliphatic carboxylic acids is 1. The SMILES string of the molecule is O=C(O)C(O)C(F)(F)C(F)(F)F. The number of aliphatic hydroxyl groups excluding tert-OH is 1. The lowest BCUT2D eigenvalue weighted by Gasteiger charge is -2.21. The van der Waals surface area contributed by atoms with Crippen LogP contribution in [0, 0.1) is 0 Å². The summed E-state index contributed by atoms with van der Waals surface area (Å²) in [6.07, 6.45) is -9.83. The second-order valence-electron chi connectivity index (χ2n) is 1.86. The van der Waals surface area contributed by atoms with Crippen molar-refractivity contribution < 1.29 is 37.0 Å². The third-order valence-corrected chi connectivity index (χ3v) is 0.955. The average Bonchev–Trinajstić information content (AvgIpc) is 1.83. The van der Waals surface area contributed by atoms with E-state index in [1.54, 1.807) is 0 Å². The summed E-state index contributed by atoms with van der Waals surface area (Å²) in [5.41, 5.74) is 0. The lowest BCUT2D eigenvalue weighted by Crippen LogP contribution is -2.50. The molecule has 0 heterocycles. The van der Waals surface area contributed by atoms with E-state index in [2.05, 4.69) is 0 Å². The van der Waals surface area contributed by atoms with Gasteiger partial charge in [0.2, 0.25) is 6.10 Å². The van der Waals surface area contributed by atoms with Crippen molar-refractivity contribution in [2.45, 2.75) is 18.2 Å².